The Morgan fingerprint density at radius 2 is 1.67 bits per heavy atom. The molecule has 2 fully saturated rings. The molecule has 1 aromatic rings. The molecule has 0 atom stereocenters. The van der Waals surface area contributed by atoms with Gasteiger partial charge in [-0.15, -0.1) is 0 Å². The van der Waals surface area contributed by atoms with E-state index in [1.807, 2.05) is 0 Å². The average Bonchev–Trinajstić information content (AvgIpc) is 2.84. The fraction of sp³-hybridized carbons (Fsp3) is 0.556. The molecule has 10 nitrogen and oxygen atoms in total. The van der Waals surface area contributed by atoms with Crippen molar-refractivity contribution in [1.82, 2.24) is 9.21 Å². The van der Waals surface area contributed by atoms with Gasteiger partial charge in [-0.1, -0.05) is 0 Å². The van der Waals surface area contributed by atoms with Gasteiger partial charge in [-0.2, -0.15) is 4.31 Å². The van der Waals surface area contributed by atoms with Crippen LogP contribution in [0.1, 0.15) is 20.8 Å². The van der Waals surface area contributed by atoms with E-state index < -0.39 is 37.5 Å². The van der Waals surface area contributed by atoms with Crippen LogP contribution in [0.25, 0.3) is 0 Å². The van der Waals surface area contributed by atoms with Gasteiger partial charge in [0.1, 0.15) is 0 Å². The molecule has 0 aliphatic carbocycles. The van der Waals surface area contributed by atoms with Crippen LogP contribution in [0.5, 0.6) is 0 Å². The highest BCUT2D eigenvalue weighted by Gasteiger charge is 2.50. The molecule has 1 aromatic carbocycles. The van der Waals surface area contributed by atoms with Crippen LogP contribution in [0.3, 0.4) is 0 Å². The molecule has 2 heterocycles. The Labute approximate surface area is 176 Å². The Morgan fingerprint density at radius 3 is 2.13 bits per heavy atom. The number of amides is 2. The standard InChI is InChI=1S/C18H25N3O7S2/c1-4-28-17(23)19-9-11-20(12-10-19)30(26,27)15-7-5-14(6-8-15)21-16(22)18(2,3)13-29(21,24)25/h5-8H,4,9-13H2,1-3H3. The minimum absolute atomic E-state index is 0.0147. The van der Waals surface area contributed by atoms with Gasteiger partial charge in [0.05, 0.1) is 28.4 Å². The molecule has 2 aliphatic rings. The van der Waals surface area contributed by atoms with Gasteiger partial charge in [-0.3, -0.25) is 4.79 Å². The Kier molecular flexibility index (Phi) is 5.87. The van der Waals surface area contributed by atoms with Crippen LogP contribution in [-0.4, -0.2) is 76.6 Å². The van der Waals surface area contributed by atoms with Gasteiger partial charge in [0.25, 0.3) is 0 Å². The van der Waals surface area contributed by atoms with E-state index in [0.717, 1.165) is 4.31 Å². The number of piperazine rings is 1. The highest BCUT2D eigenvalue weighted by molar-refractivity contribution is 7.94. The van der Waals surface area contributed by atoms with Gasteiger partial charge in [0.2, 0.25) is 26.0 Å². The number of carbonyl (C=O) groups excluding carboxylic acids is 2. The first-order chi connectivity index (χ1) is 13.9. The number of nitrogens with zero attached hydrogens (tertiary/aromatic N) is 3. The molecule has 0 spiro atoms. The van der Waals surface area contributed by atoms with Crippen molar-refractivity contribution in [2.45, 2.75) is 25.7 Å². The first kappa shape index (κ1) is 22.5. The third-order valence-corrected chi connectivity index (χ3v) is 8.99. The van der Waals surface area contributed by atoms with Gasteiger partial charge in [0.15, 0.2) is 0 Å². The van der Waals surface area contributed by atoms with Crippen molar-refractivity contribution in [3.05, 3.63) is 24.3 Å². The predicted octanol–water partition coefficient (Wildman–Crippen LogP) is 0.852. The van der Waals surface area contributed by atoms with Crippen molar-refractivity contribution in [2.24, 2.45) is 5.41 Å². The van der Waals surface area contributed by atoms with Crippen LogP contribution in [0.15, 0.2) is 29.2 Å². The smallest absolute Gasteiger partial charge is 0.409 e. The third-order valence-electron chi connectivity index (χ3n) is 5.06. The van der Waals surface area contributed by atoms with Gasteiger partial charge in [-0.05, 0) is 45.0 Å². The Bertz CT molecular complexity index is 1040. The second-order valence-electron chi connectivity index (χ2n) is 7.79. The number of hydrogen-bond acceptors (Lipinski definition) is 7. The first-order valence-corrected chi connectivity index (χ1v) is 12.5. The zero-order valence-electron chi connectivity index (χ0n) is 17.1. The van der Waals surface area contributed by atoms with Gasteiger partial charge in [-0.25, -0.2) is 25.9 Å². The summed E-state index contributed by atoms with van der Waals surface area (Å²) in [5.74, 6) is -0.850. The summed E-state index contributed by atoms with van der Waals surface area (Å²) in [5, 5.41) is 0. The minimum atomic E-state index is -3.83. The monoisotopic (exact) mass is 459 g/mol. The molecule has 0 aromatic heterocycles. The van der Waals surface area contributed by atoms with Crippen LogP contribution in [0.2, 0.25) is 0 Å². The lowest BCUT2D eigenvalue weighted by molar-refractivity contribution is -0.123. The fourth-order valence-electron chi connectivity index (χ4n) is 3.49. The van der Waals surface area contributed by atoms with Crippen LogP contribution in [-0.2, 0) is 29.6 Å². The first-order valence-electron chi connectivity index (χ1n) is 9.49. The molecule has 2 saturated heterocycles. The fourth-order valence-corrected chi connectivity index (χ4v) is 7.02. The number of benzene rings is 1. The van der Waals surface area contributed by atoms with Gasteiger partial charge < -0.3 is 9.64 Å². The maximum Gasteiger partial charge on any atom is 0.409 e. The quantitative estimate of drug-likeness (QED) is 0.654. The summed E-state index contributed by atoms with van der Waals surface area (Å²) in [6, 6.07) is 5.21. The van der Waals surface area contributed by atoms with Crippen molar-refractivity contribution in [1.29, 1.82) is 0 Å². The molecule has 2 amide bonds. The molecular formula is C18H25N3O7S2. The lowest BCUT2D eigenvalue weighted by atomic mass is 9.95. The summed E-state index contributed by atoms with van der Waals surface area (Å²) in [5.41, 5.74) is -0.931. The van der Waals surface area contributed by atoms with Crippen molar-refractivity contribution < 1.29 is 31.2 Å². The number of rotatable bonds is 4. The zero-order chi connectivity index (χ0) is 22.3. The summed E-state index contributed by atoms with van der Waals surface area (Å²) >= 11 is 0. The van der Waals surface area contributed by atoms with Crippen LogP contribution >= 0.6 is 0 Å². The largest absolute Gasteiger partial charge is 0.450 e. The Balaban J connectivity index is 1.76. The van der Waals surface area contributed by atoms with E-state index >= 15 is 0 Å². The van der Waals surface area contributed by atoms with Crippen LogP contribution in [0.4, 0.5) is 10.5 Å². The SMILES string of the molecule is CCOC(=O)N1CCN(S(=O)(=O)c2ccc(N3C(=O)C(C)(C)CS3(=O)=O)cc2)CC1. The van der Waals surface area contributed by atoms with E-state index in [0.29, 0.717) is 0 Å². The normalized spacial score (nSPS) is 21.6. The molecule has 3 rings (SSSR count). The third kappa shape index (κ3) is 4.03. The second kappa shape index (κ2) is 7.82. The molecule has 12 heteroatoms. The maximum atomic E-state index is 12.9. The van der Waals surface area contributed by atoms with E-state index in [-0.39, 0.29) is 49.1 Å². The number of carbonyl (C=O) groups is 2. The molecule has 0 N–H and O–H groups in total. The summed E-state index contributed by atoms with van der Waals surface area (Å²) in [4.78, 5) is 25.7. The average molecular weight is 460 g/mol. The molecule has 0 bridgehead atoms. The summed E-state index contributed by atoms with van der Waals surface area (Å²) in [6.07, 6.45) is -0.474. The van der Waals surface area contributed by atoms with E-state index in [9.17, 15) is 26.4 Å². The zero-order valence-corrected chi connectivity index (χ0v) is 18.7. The van der Waals surface area contributed by atoms with Gasteiger partial charge >= 0.3 is 6.09 Å². The molecule has 166 valence electrons. The maximum absolute atomic E-state index is 12.9. The number of sulfonamides is 2. The predicted molar refractivity (Wildman–Crippen MR) is 109 cm³/mol. The molecule has 0 saturated carbocycles. The second-order valence-corrected chi connectivity index (χ2v) is 11.5. The van der Waals surface area contributed by atoms with Crippen LogP contribution < -0.4 is 4.31 Å². The van der Waals surface area contributed by atoms with Crippen molar-refractivity contribution in [3.8, 4) is 0 Å². The molecule has 0 unspecified atom stereocenters. The van der Waals surface area contributed by atoms with E-state index in [1.54, 1.807) is 20.8 Å². The van der Waals surface area contributed by atoms with Crippen molar-refractivity contribution in [2.75, 3.05) is 42.8 Å². The number of anilines is 1. The number of ether oxygens (including phenoxy) is 1. The summed E-state index contributed by atoms with van der Waals surface area (Å²) in [7, 11) is -7.64. The van der Waals surface area contributed by atoms with E-state index in [2.05, 4.69) is 0 Å². The highest BCUT2D eigenvalue weighted by atomic mass is 32.2. The highest BCUT2D eigenvalue weighted by Crippen LogP contribution is 2.36. The molecule has 2 aliphatic heterocycles. The van der Waals surface area contributed by atoms with Crippen molar-refractivity contribution in [3.63, 3.8) is 0 Å². The lowest BCUT2D eigenvalue weighted by Crippen LogP contribution is -2.50. The summed E-state index contributed by atoms with van der Waals surface area (Å²) < 4.78 is 57.5. The van der Waals surface area contributed by atoms with E-state index in [1.165, 1.54) is 33.5 Å². The van der Waals surface area contributed by atoms with E-state index in [4.69, 9.17) is 4.74 Å². The Hall–Kier alpha value is -2.18. The minimum Gasteiger partial charge on any atom is -0.450 e. The Morgan fingerprint density at radius 1 is 1.10 bits per heavy atom. The van der Waals surface area contributed by atoms with Gasteiger partial charge in [0, 0.05) is 26.2 Å². The molecule has 30 heavy (non-hydrogen) atoms. The van der Waals surface area contributed by atoms with Crippen molar-refractivity contribution >= 4 is 37.7 Å². The molecule has 0 radical (unpaired) electrons. The topological polar surface area (TPSA) is 121 Å². The molecular weight excluding hydrogens is 434 g/mol. The summed E-state index contributed by atoms with van der Waals surface area (Å²) in [6.45, 7) is 5.73. The number of hydrogen-bond donors (Lipinski definition) is 0. The van der Waals surface area contributed by atoms with Crippen LogP contribution in [0, 0.1) is 5.41 Å². The lowest BCUT2D eigenvalue weighted by Gasteiger charge is -2.33.